The fourth-order valence-electron chi connectivity index (χ4n) is 13.4. The summed E-state index contributed by atoms with van der Waals surface area (Å²) in [6.45, 7) is 11.7. The van der Waals surface area contributed by atoms with Crippen molar-refractivity contribution in [2.24, 2.45) is 0 Å². The van der Waals surface area contributed by atoms with E-state index in [1.165, 1.54) is 90.3 Å². The molecule has 0 saturated heterocycles. The Hall–Kier alpha value is -7.24. The van der Waals surface area contributed by atoms with E-state index in [-0.39, 0.29) is 17.7 Å². The summed E-state index contributed by atoms with van der Waals surface area (Å²) in [4.78, 5) is 5.24. The lowest BCUT2D eigenvalue weighted by Crippen LogP contribution is -2.62. The molecule has 8 aromatic carbocycles. The third kappa shape index (κ3) is 4.22. The first kappa shape index (κ1) is 36.1. The molecule has 15 rings (SSSR count). The highest BCUT2D eigenvalue weighted by molar-refractivity contribution is 6.93. The maximum Gasteiger partial charge on any atom is 0.376 e. The number of hydrogen-bond donors (Lipinski definition) is 0. The summed E-state index contributed by atoms with van der Waals surface area (Å²) in [6.07, 6.45) is 2.31. The highest BCUT2D eigenvalue weighted by atomic mass is 16.3. The molecule has 0 radical (unpaired) electrons. The molecule has 10 aromatic rings. The molecule has 310 valence electrons. The average molecular weight is 837 g/mol. The summed E-state index contributed by atoms with van der Waals surface area (Å²) < 4.78 is 14.6. The topological polar surface area (TPSA) is 32.8 Å². The molecule has 1 spiro atoms. The van der Waals surface area contributed by atoms with Gasteiger partial charge in [0.2, 0.25) is 0 Å². The van der Waals surface area contributed by atoms with Gasteiger partial charge < -0.3 is 18.5 Å². The number of rotatable bonds is 1. The Bertz CT molecular complexity index is 3740. The van der Waals surface area contributed by atoms with Gasteiger partial charge in [0.15, 0.2) is 0 Å². The van der Waals surface area contributed by atoms with Crippen molar-refractivity contribution in [2.75, 3.05) is 9.71 Å². The van der Waals surface area contributed by atoms with Crippen molar-refractivity contribution in [2.45, 2.75) is 63.7 Å². The van der Waals surface area contributed by atoms with Gasteiger partial charge in [-0.05, 0) is 123 Å². The summed E-state index contributed by atoms with van der Waals surface area (Å²) in [6, 6.07) is 59.2. The lowest BCUT2D eigenvalue weighted by atomic mass is 9.44. The maximum absolute atomic E-state index is 7.43. The van der Waals surface area contributed by atoms with Crippen molar-refractivity contribution >= 4 is 79.3 Å². The molecule has 0 N–H and O–H groups in total. The van der Waals surface area contributed by atoms with E-state index in [1.807, 2.05) is 0 Å². The monoisotopic (exact) mass is 836 g/mol. The van der Waals surface area contributed by atoms with Gasteiger partial charge in [-0.25, -0.2) is 0 Å². The zero-order valence-corrected chi connectivity index (χ0v) is 37.2. The minimum Gasteiger partial charge on any atom is -0.466 e. The molecule has 0 bridgehead atoms. The Morgan fingerprint density at radius 2 is 1.06 bits per heavy atom. The summed E-state index contributed by atoms with van der Waals surface area (Å²) in [5.41, 5.74) is 24.6. The molecule has 65 heavy (non-hydrogen) atoms. The molecule has 0 saturated carbocycles. The first-order valence-corrected chi connectivity index (χ1v) is 23.3. The van der Waals surface area contributed by atoms with Crippen LogP contribution >= 0.6 is 0 Å². The summed E-state index contributed by atoms with van der Waals surface area (Å²) >= 11 is 0. The molecule has 2 aromatic heterocycles. The van der Waals surface area contributed by atoms with E-state index in [0.717, 1.165) is 56.2 Å². The fraction of sp³-hybridized carbons (Fsp3) is 0.167. The number of furan rings is 2. The van der Waals surface area contributed by atoms with E-state index < -0.39 is 5.41 Å². The molecule has 0 amide bonds. The van der Waals surface area contributed by atoms with Gasteiger partial charge >= 0.3 is 6.85 Å². The van der Waals surface area contributed by atoms with Crippen LogP contribution in [0.15, 0.2) is 167 Å². The summed E-state index contributed by atoms with van der Waals surface area (Å²) in [5, 5.41) is 3.36. The van der Waals surface area contributed by atoms with Gasteiger partial charge in [0, 0.05) is 50.0 Å². The molecule has 0 fully saturated rings. The summed E-state index contributed by atoms with van der Waals surface area (Å²) in [7, 11) is 0. The van der Waals surface area contributed by atoms with Crippen molar-refractivity contribution in [1.82, 2.24) is 0 Å². The molecule has 5 aliphatic rings. The molecule has 3 aliphatic heterocycles. The van der Waals surface area contributed by atoms with Crippen molar-refractivity contribution in [3.05, 3.63) is 197 Å². The van der Waals surface area contributed by atoms with Crippen LogP contribution in [0.3, 0.4) is 0 Å². The number of aryl methyl sites for hydroxylation is 1. The quantitative estimate of drug-likeness (QED) is 0.154. The van der Waals surface area contributed by atoms with E-state index in [2.05, 4.69) is 202 Å². The van der Waals surface area contributed by atoms with Crippen LogP contribution in [0.25, 0.3) is 55.2 Å². The van der Waals surface area contributed by atoms with Crippen LogP contribution in [0.2, 0.25) is 0 Å². The number of anilines is 5. The zero-order chi connectivity index (χ0) is 43.3. The molecular formula is C60H45BN2O2. The summed E-state index contributed by atoms with van der Waals surface area (Å²) in [5.74, 6) is 0. The van der Waals surface area contributed by atoms with Gasteiger partial charge in [0.25, 0.3) is 0 Å². The largest absolute Gasteiger partial charge is 0.466 e. The highest BCUT2D eigenvalue weighted by Crippen LogP contribution is 2.65. The minimum atomic E-state index is -0.550. The second-order valence-corrected chi connectivity index (χ2v) is 20.6. The van der Waals surface area contributed by atoms with Crippen LogP contribution in [0.1, 0.15) is 79.5 Å². The van der Waals surface area contributed by atoms with Gasteiger partial charge in [0.1, 0.15) is 22.4 Å². The standard InChI is InChI=1S/C60H45BN2O2/c1-34-31-45-46(59(4,5)30-29-58(45,2)3)33-48(34)62-49-32-40-37-19-8-14-27-50(37)64-56(40)52-39-21-16-25-44-54(39)63(61(53(49)52)57-55(62)38-20-9-15-28-51(38)65-57)47-26-13-12-24-43(47)60(44)41-22-10-6-17-35(41)36-18-7-11-23-42(36)60/h6-28,31-33H,29-30H2,1-5H3. The Labute approximate surface area is 378 Å². The second-order valence-electron chi connectivity index (χ2n) is 20.6. The van der Waals surface area contributed by atoms with Crippen LogP contribution < -0.4 is 20.8 Å². The number of para-hydroxylation sites is 4. The zero-order valence-electron chi connectivity index (χ0n) is 37.2. The smallest absolute Gasteiger partial charge is 0.376 e. The number of benzene rings is 8. The first-order chi connectivity index (χ1) is 31.7. The van der Waals surface area contributed by atoms with E-state index in [9.17, 15) is 0 Å². The van der Waals surface area contributed by atoms with Crippen LogP contribution in [0.5, 0.6) is 0 Å². The van der Waals surface area contributed by atoms with Crippen LogP contribution in [-0.4, -0.2) is 6.85 Å². The van der Waals surface area contributed by atoms with Crippen LogP contribution in [0.4, 0.5) is 28.4 Å². The first-order valence-electron chi connectivity index (χ1n) is 23.3. The van der Waals surface area contributed by atoms with Crippen LogP contribution in [0, 0.1) is 6.92 Å². The second kappa shape index (κ2) is 11.9. The van der Waals surface area contributed by atoms with Gasteiger partial charge in [-0.2, -0.15) is 0 Å². The molecule has 5 heteroatoms. The van der Waals surface area contributed by atoms with Crippen molar-refractivity contribution in [3.63, 3.8) is 0 Å². The Morgan fingerprint density at radius 1 is 0.477 bits per heavy atom. The Kier molecular flexibility index (Phi) is 6.62. The van der Waals surface area contributed by atoms with E-state index >= 15 is 0 Å². The third-order valence-corrected chi connectivity index (χ3v) is 16.4. The van der Waals surface area contributed by atoms with E-state index in [1.54, 1.807) is 0 Å². The average Bonchev–Trinajstić information content (AvgIpc) is 3.99. The Morgan fingerprint density at radius 3 is 1.80 bits per heavy atom. The normalized spacial score (nSPS) is 17.2. The minimum absolute atomic E-state index is 0.0251. The lowest BCUT2D eigenvalue weighted by molar-refractivity contribution is 0.332. The maximum atomic E-state index is 7.43. The molecule has 2 aliphatic carbocycles. The van der Waals surface area contributed by atoms with Crippen molar-refractivity contribution < 1.29 is 8.83 Å². The van der Waals surface area contributed by atoms with E-state index in [0.29, 0.717) is 0 Å². The fourth-order valence-corrected chi connectivity index (χ4v) is 13.4. The molecule has 4 nitrogen and oxygen atoms in total. The molecule has 0 unspecified atom stereocenters. The SMILES string of the molecule is Cc1cc2c(cc1N1c3cc4c(oc5ccccc54)c4c3B(c3oc5ccccc5c31)N1c3ccccc3C3(c5ccccc5-c5ccccc53)c3cccc-4c31)C(C)(C)CCC2(C)C. The third-order valence-electron chi connectivity index (χ3n) is 16.4. The van der Waals surface area contributed by atoms with Gasteiger partial charge in [-0.3, -0.25) is 0 Å². The van der Waals surface area contributed by atoms with Gasteiger partial charge in [-0.1, -0.05) is 149 Å². The Balaban J connectivity index is 1.14. The van der Waals surface area contributed by atoms with Gasteiger partial charge in [-0.15, -0.1) is 0 Å². The van der Waals surface area contributed by atoms with Crippen LogP contribution in [-0.2, 0) is 16.2 Å². The van der Waals surface area contributed by atoms with Crippen molar-refractivity contribution in [3.8, 4) is 22.3 Å². The van der Waals surface area contributed by atoms with Crippen molar-refractivity contribution in [1.29, 1.82) is 0 Å². The highest BCUT2D eigenvalue weighted by Gasteiger charge is 2.58. The predicted molar refractivity (Wildman–Crippen MR) is 268 cm³/mol. The lowest BCUT2D eigenvalue weighted by Gasteiger charge is -2.51. The molecular weight excluding hydrogens is 791 g/mol. The predicted octanol–water partition coefficient (Wildman–Crippen LogP) is 14.4. The number of hydrogen-bond acceptors (Lipinski definition) is 4. The number of nitrogens with zero attached hydrogens (tertiary/aromatic N) is 2. The number of fused-ring (bicyclic) bond motifs is 20. The van der Waals surface area contributed by atoms with E-state index in [4.69, 9.17) is 8.83 Å². The van der Waals surface area contributed by atoms with Gasteiger partial charge in [0.05, 0.1) is 11.1 Å². The molecule has 0 atom stereocenters. The molecule has 5 heterocycles.